The lowest BCUT2D eigenvalue weighted by Gasteiger charge is -2.07. The SMILES string of the molecule is COc1ccc(C2CC2C(=O)Nc2ccc(Cl)c(C(=O)O)c2)cc1. The van der Waals surface area contributed by atoms with E-state index in [0.29, 0.717) is 5.69 Å². The molecule has 1 aliphatic carbocycles. The summed E-state index contributed by atoms with van der Waals surface area (Å²) >= 11 is 5.83. The molecule has 0 bridgehead atoms. The van der Waals surface area contributed by atoms with Crippen molar-refractivity contribution in [3.8, 4) is 5.75 Å². The maximum Gasteiger partial charge on any atom is 0.337 e. The minimum atomic E-state index is -1.13. The van der Waals surface area contributed by atoms with Crippen molar-refractivity contribution in [1.82, 2.24) is 0 Å². The van der Waals surface area contributed by atoms with Gasteiger partial charge in [0.1, 0.15) is 5.75 Å². The van der Waals surface area contributed by atoms with Crippen LogP contribution in [0.5, 0.6) is 5.75 Å². The number of aromatic carboxylic acids is 1. The Morgan fingerprint density at radius 1 is 1.21 bits per heavy atom. The average molecular weight is 346 g/mol. The van der Waals surface area contributed by atoms with Crippen molar-refractivity contribution in [2.75, 3.05) is 12.4 Å². The summed E-state index contributed by atoms with van der Waals surface area (Å²) < 4.78 is 5.12. The van der Waals surface area contributed by atoms with Crippen LogP contribution >= 0.6 is 11.6 Å². The van der Waals surface area contributed by atoms with Gasteiger partial charge in [0.05, 0.1) is 17.7 Å². The molecule has 2 unspecified atom stereocenters. The number of carbonyl (C=O) groups is 2. The van der Waals surface area contributed by atoms with Gasteiger partial charge in [-0.3, -0.25) is 4.79 Å². The number of hydrogen-bond acceptors (Lipinski definition) is 3. The van der Waals surface area contributed by atoms with Crippen LogP contribution in [0.2, 0.25) is 5.02 Å². The van der Waals surface area contributed by atoms with Crippen LogP contribution in [0.4, 0.5) is 5.69 Å². The molecule has 0 aromatic heterocycles. The van der Waals surface area contributed by atoms with E-state index in [2.05, 4.69) is 5.32 Å². The van der Waals surface area contributed by atoms with Crippen molar-refractivity contribution in [2.24, 2.45) is 5.92 Å². The Balaban J connectivity index is 1.66. The Kier molecular flexibility index (Phi) is 4.44. The number of rotatable bonds is 5. The number of carboxylic acid groups (broad SMARTS) is 1. The van der Waals surface area contributed by atoms with Gasteiger partial charge in [-0.2, -0.15) is 0 Å². The number of carboxylic acids is 1. The van der Waals surface area contributed by atoms with Crippen molar-refractivity contribution >= 4 is 29.2 Å². The fourth-order valence-corrected chi connectivity index (χ4v) is 2.90. The number of halogens is 1. The van der Waals surface area contributed by atoms with Crippen LogP contribution < -0.4 is 10.1 Å². The largest absolute Gasteiger partial charge is 0.497 e. The third-order valence-electron chi connectivity index (χ3n) is 4.14. The van der Waals surface area contributed by atoms with E-state index in [4.69, 9.17) is 21.4 Å². The molecule has 3 rings (SSSR count). The molecule has 2 N–H and O–H groups in total. The zero-order valence-electron chi connectivity index (χ0n) is 13.0. The summed E-state index contributed by atoms with van der Waals surface area (Å²) in [7, 11) is 1.61. The lowest BCUT2D eigenvalue weighted by molar-refractivity contribution is -0.117. The first kappa shape index (κ1) is 16.3. The highest BCUT2D eigenvalue weighted by molar-refractivity contribution is 6.33. The normalized spacial score (nSPS) is 18.8. The molecule has 6 heteroatoms. The van der Waals surface area contributed by atoms with Gasteiger partial charge in [0, 0.05) is 11.6 Å². The summed E-state index contributed by atoms with van der Waals surface area (Å²) in [4.78, 5) is 23.4. The molecule has 0 spiro atoms. The van der Waals surface area contributed by atoms with E-state index in [1.165, 1.54) is 12.1 Å². The van der Waals surface area contributed by atoms with E-state index in [0.717, 1.165) is 17.7 Å². The molecule has 2 atom stereocenters. The van der Waals surface area contributed by atoms with E-state index in [-0.39, 0.29) is 28.3 Å². The fraction of sp³-hybridized carbons (Fsp3) is 0.222. The summed E-state index contributed by atoms with van der Waals surface area (Å²) in [6.07, 6.45) is 0.775. The van der Waals surface area contributed by atoms with E-state index < -0.39 is 5.97 Å². The summed E-state index contributed by atoms with van der Waals surface area (Å²) in [6, 6.07) is 12.1. The van der Waals surface area contributed by atoms with Crippen molar-refractivity contribution in [3.63, 3.8) is 0 Å². The van der Waals surface area contributed by atoms with Crippen molar-refractivity contribution in [1.29, 1.82) is 0 Å². The number of benzene rings is 2. The molecule has 1 amide bonds. The molecule has 1 aliphatic rings. The van der Waals surface area contributed by atoms with Gasteiger partial charge in [0.2, 0.25) is 5.91 Å². The van der Waals surface area contributed by atoms with Gasteiger partial charge in [-0.25, -0.2) is 4.79 Å². The smallest absolute Gasteiger partial charge is 0.337 e. The van der Waals surface area contributed by atoms with E-state index in [1.807, 2.05) is 24.3 Å². The average Bonchev–Trinajstić information content (AvgIpc) is 3.37. The second kappa shape index (κ2) is 6.53. The number of methoxy groups -OCH3 is 1. The Bertz CT molecular complexity index is 788. The molecule has 5 nitrogen and oxygen atoms in total. The predicted molar refractivity (Wildman–Crippen MR) is 90.9 cm³/mol. The Morgan fingerprint density at radius 3 is 2.54 bits per heavy atom. The topological polar surface area (TPSA) is 75.6 Å². The molecule has 2 aromatic rings. The van der Waals surface area contributed by atoms with Gasteiger partial charge in [-0.15, -0.1) is 0 Å². The zero-order chi connectivity index (χ0) is 17.3. The lowest BCUT2D eigenvalue weighted by Crippen LogP contribution is -2.15. The first-order chi connectivity index (χ1) is 11.5. The second-order valence-corrected chi connectivity index (χ2v) is 6.12. The number of amides is 1. The number of ether oxygens (including phenoxy) is 1. The first-order valence-corrected chi connectivity index (χ1v) is 7.85. The highest BCUT2D eigenvalue weighted by atomic mass is 35.5. The number of nitrogens with one attached hydrogen (secondary N) is 1. The minimum absolute atomic E-state index is 0.0306. The van der Waals surface area contributed by atoms with E-state index in [1.54, 1.807) is 13.2 Å². The molecule has 24 heavy (non-hydrogen) atoms. The van der Waals surface area contributed by atoms with E-state index >= 15 is 0 Å². The van der Waals surface area contributed by atoms with Crippen LogP contribution in [0.3, 0.4) is 0 Å². The molecule has 0 radical (unpaired) electrons. The predicted octanol–water partition coefficient (Wildman–Crippen LogP) is 3.79. The summed E-state index contributed by atoms with van der Waals surface area (Å²) in [5, 5.41) is 12.0. The van der Waals surface area contributed by atoms with Crippen LogP contribution in [0.15, 0.2) is 42.5 Å². The monoisotopic (exact) mass is 345 g/mol. The number of hydrogen-bond donors (Lipinski definition) is 2. The second-order valence-electron chi connectivity index (χ2n) is 5.71. The lowest BCUT2D eigenvalue weighted by atomic mass is 10.1. The third-order valence-corrected chi connectivity index (χ3v) is 4.47. The van der Waals surface area contributed by atoms with Crippen LogP contribution in [-0.2, 0) is 4.79 Å². The minimum Gasteiger partial charge on any atom is -0.497 e. The van der Waals surface area contributed by atoms with E-state index in [9.17, 15) is 9.59 Å². The number of carbonyl (C=O) groups excluding carboxylic acids is 1. The zero-order valence-corrected chi connectivity index (χ0v) is 13.7. The van der Waals surface area contributed by atoms with Gasteiger partial charge >= 0.3 is 5.97 Å². The van der Waals surface area contributed by atoms with Crippen LogP contribution in [0, 0.1) is 5.92 Å². The molecule has 0 aliphatic heterocycles. The third kappa shape index (κ3) is 3.36. The first-order valence-electron chi connectivity index (χ1n) is 7.47. The number of anilines is 1. The quantitative estimate of drug-likeness (QED) is 0.864. The molecule has 1 fully saturated rings. The fourth-order valence-electron chi connectivity index (χ4n) is 2.71. The molecular formula is C18H16ClNO4. The maximum absolute atomic E-state index is 12.3. The standard InChI is InChI=1S/C18H16ClNO4/c1-24-12-5-2-10(3-6-12)13-9-14(13)17(21)20-11-4-7-16(19)15(8-11)18(22)23/h2-8,13-14H,9H2,1H3,(H,20,21)(H,22,23). The van der Waals surface area contributed by atoms with Gasteiger partial charge in [-0.1, -0.05) is 23.7 Å². The summed E-state index contributed by atoms with van der Waals surface area (Å²) in [5.74, 6) is -0.389. The molecular weight excluding hydrogens is 330 g/mol. The molecule has 0 heterocycles. The van der Waals surface area contributed by atoms with Crippen LogP contribution in [0.25, 0.3) is 0 Å². The maximum atomic E-state index is 12.3. The Labute approximate surface area is 144 Å². The van der Waals surface area contributed by atoms with Gasteiger partial charge in [0.15, 0.2) is 0 Å². The summed E-state index contributed by atoms with van der Waals surface area (Å²) in [6.45, 7) is 0. The molecule has 0 saturated heterocycles. The Hall–Kier alpha value is -2.53. The highest BCUT2D eigenvalue weighted by Gasteiger charge is 2.43. The van der Waals surface area contributed by atoms with Crippen LogP contribution in [-0.4, -0.2) is 24.1 Å². The van der Waals surface area contributed by atoms with Gasteiger partial charge in [-0.05, 0) is 48.2 Å². The molecule has 1 saturated carbocycles. The van der Waals surface area contributed by atoms with Crippen LogP contribution in [0.1, 0.15) is 28.3 Å². The van der Waals surface area contributed by atoms with Crippen molar-refractivity contribution in [2.45, 2.75) is 12.3 Å². The van der Waals surface area contributed by atoms with Crippen molar-refractivity contribution < 1.29 is 19.4 Å². The molecule has 124 valence electrons. The van der Waals surface area contributed by atoms with Gasteiger partial charge in [0.25, 0.3) is 0 Å². The van der Waals surface area contributed by atoms with Gasteiger partial charge < -0.3 is 15.2 Å². The highest BCUT2D eigenvalue weighted by Crippen LogP contribution is 2.48. The van der Waals surface area contributed by atoms with Crippen molar-refractivity contribution in [3.05, 3.63) is 58.6 Å². The Morgan fingerprint density at radius 2 is 1.92 bits per heavy atom. The summed E-state index contributed by atoms with van der Waals surface area (Å²) in [5.41, 5.74) is 1.50. The molecule has 2 aromatic carbocycles.